The molecule has 2 heterocycles. The van der Waals surface area contributed by atoms with Crippen molar-refractivity contribution >= 4 is 29.0 Å². The molecule has 0 aliphatic rings. The first-order valence-electron chi connectivity index (χ1n) is 7.08. The Hall–Kier alpha value is -2.87. The largest absolute Gasteiger partial charge is 0.339 e. The predicted molar refractivity (Wildman–Crippen MR) is 89.5 cm³/mol. The third-order valence-electron chi connectivity index (χ3n) is 3.64. The maximum absolute atomic E-state index is 12.4. The summed E-state index contributed by atoms with van der Waals surface area (Å²) in [5.74, 6) is -0.253. The Morgan fingerprint density at radius 1 is 1.12 bits per heavy atom. The molecule has 24 heavy (non-hydrogen) atoms. The number of anilines is 1. The molecule has 0 atom stereocenters. The van der Waals surface area contributed by atoms with Crippen LogP contribution in [-0.4, -0.2) is 24.4 Å². The molecule has 0 radical (unpaired) electrons. The van der Waals surface area contributed by atoms with Crippen LogP contribution in [0.1, 0.15) is 5.69 Å². The van der Waals surface area contributed by atoms with E-state index in [-0.39, 0.29) is 29.0 Å². The first-order valence-corrected chi connectivity index (χ1v) is 7.45. The van der Waals surface area contributed by atoms with Gasteiger partial charge >= 0.3 is 11.4 Å². The minimum Gasteiger partial charge on any atom is -0.326 e. The Balaban J connectivity index is 2.04. The van der Waals surface area contributed by atoms with Crippen molar-refractivity contribution in [3.05, 3.63) is 62.1 Å². The maximum Gasteiger partial charge on any atom is 0.339 e. The number of halogens is 1. The van der Waals surface area contributed by atoms with Crippen molar-refractivity contribution in [1.29, 1.82) is 0 Å². The average molecular weight is 348 g/mol. The van der Waals surface area contributed by atoms with Gasteiger partial charge in [0, 0.05) is 19.8 Å². The van der Waals surface area contributed by atoms with Gasteiger partial charge in [0.2, 0.25) is 11.7 Å². The zero-order valence-electron chi connectivity index (χ0n) is 13.0. The summed E-state index contributed by atoms with van der Waals surface area (Å²) in [6, 6.07) is 8.92. The van der Waals surface area contributed by atoms with Crippen molar-refractivity contribution in [3.8, 4) is 0 Å². The number of fused-ring (bicyclic) bond motifs is 1. The normalized spacial score (nSPS) is 11.0. The van der Waals surface area contributed by atoms with Crippen LogP contribution in [0.5, 0.6) is 0 Å². The summed E-state index contributed by atoms with van der Waals surface area (Å²) >= 11 is 6.09. The zero-order valence-corrected chi connectivity index (χ0v) is 13.7. The lowest BCUT2D eigenvalue weighted by atomic mass is 10.3. The molecule has 1 N–H and O–H groups in total. The van der Waals surface area contributed by atoms with E-state index in [1.807, 2.05) is 6.07 Å². The van der Waals surface area contributed by atoms with Crippen molar-refractivity contribution in [2.24, 2.45) is 14.1 Å². The highest BCUT2D eigenvalue weighted by Gasteiger charge is 2.20. The molecule has 0 aliphatic carbocycles. The van der Waals surface area contributed by atoms with Gasteiger partial charge in [-0.15, -0.1) is 0 Å². The van der Waals surface area contributed by atoms with Crippen LogP contribution in [-0.2, 0) is 25.3 Å². The molecule has 0 fully saturated rings. The van der Waals surface area contributed by atoms with Gasteiger partial charge in [-0.05, 0) is 12.1 Å². The van der Waals surface area contributed by atoms with Gasteiger partial charge in [0.05, 0.1) is 12.1 Å². The van der Waals surface area contributed by atoms with Crippen LogP contribution in [0.2, 0.25) is 5.15 Å². The summed E-state index contributed by atoms with van der Waals surface area (Å²) in [4.78, 5) is 40.6. The third-order valence-corrected chi connectivity index (χ3v) is 3.95. The van der Waals surface area contributed by atoms with Crippen molar-refractivity contribution in [2.75, 3.05) is 5.32 Å². The monoisotopic (exact) mass is 347 g/mol. The quantitative estimate of drug-likeness (QED) is 0.749. The maximum atomic E-state index is 12.4. The van der Waals surface area contributed by atoms with Crippen LogP contribution >= 0.6 is 11.6 Å². The number of hydrogen-bond acceptors (Lipinski definition) is 4. The Labute approximate surface area is 140 Å². The van der Waals surface area contributed by atoms with Crippen LogP contribution in [0.4, 0.5) is 5.69 Å². The molecule has 1 aromatic carbocycles. The second-order valence-corrected chi connectivity index (χ2v) is 5.62. The van der Waals surface area contributed by atoms with E-state index >= 15 is 0 Å². The summed E-state index contributed by atoms with van der Waals surface area (Å²) in [6.07, 6.45) is -0.150. The van der Waals surface area contributed by atoms with E-state index in [0.717, 1.165) is 4.57 Å². The highest BCUT2D eigenvalue weighted by atomic mass is 35.5. The number of nitrogens with zero attached hydrogens (tertiary/aromatic N) is 4. The van der Waals surface area contributed by atoms with Crippen LogP contribution in [0.15, 0.2) is 39.9 Å². The minimum atomic E-state index is -0.602. The fourth-order valence-electron chi connectivity index (χ4n) is 2.41. The number of imidazole rings is 1. The van der Waals surface area contributed by atoms with E-state index in [1.165, 1.54) is 23.1 Å². The van der Waals surface area contributed by atoms with Crippen molar-refractivity contribution < 1.29 is 4.79 Å². The molecule has 0 unspecified atom stereocenters. The SMILES string of the molecule is Cn1c(=O)n(C)c2nc(Cl)c(CC(=O)Nc3ccccc3)n2c1=O. The number of hydrogen-bond donors (Lipinski definition) is 1. The van der Waals surface area contributed by atoms with Crippen molar-refractivity contribution in [3.63, 3.8) is 0 Å². The molecule has 9 heteroatoms. The fourth-order valence-corrected chi connectivity index (χ4v) is 2.64. The first kappa shape index (κ1) is 16.0. The summed E-state index contributed by atoms with van der Waals surface area (Å²) in [5.41, 5.74) is -0.256. The Morgan fingerprint density at radius 2 is 1.79 bits per heavy atom. The number of aromatic nitrogens is 4. The summed E-state index contributed by atoms with van der Waals surface area (Å²) in [5, 5.41) is 2.73. The van der Waals surface area contributed by atoms with Gasteiger partial charge in [-0.3, -0.25) is 9.36 Å². The number of nitrogens with one attached hydrogen (secondary N) is 1. The highest BCUT2D eigenvalue weighted by molar-refractivity contribution is 6.30. The number of carbonyl (C=O) groups excluding carboxylic acids is 1. The van der Waals surface area contributed by atoms with Crippen LogP contribution in [0, 0.1) is 0 Å². The molecule has 0 bridgehead atoms. The topological polar surface area (TPSA) is 90.4 Å². The van der Waals surface area contributed by atoms with E-state index in [2.05, 4.69) is 10.3 Å². The number of aryl methyl sites for hydroxylation is 1. The van der Waals surface area contributed by atoms with Gasteiger partial charge in [-0.1, -0.05) is 29.8 Å². The lowest BCUT2D eigenvalue weighted by Crippen LogP contribution is -2.41. The van der Waals surface area contributed by atoms with Gasteiger partial charge < -0.3 is 5.32 Å². The molecule has 0 aliphatic heterocycles. The Bertz CT molecular complexity index is 1050. The van der Waals surface area contributed by atoms with E-state index in [9.17, 15) is 14.4 Å². The van der Waals surface area contributed by atoms with E-state index < -0.39 is 11.4 Å². The minimum absolute atomic E-state index is 0.0107. The standard InChI is InChI=1S/C15H14ClN5O3/c1-19-13-18-12(16)10(21(13)15(24)20(2)14(19)23)8-11(22)17-9-6-4-3-5-7-9/h3-7H,8H2,1-2H3,(H,17,22). The van der Waals surface area contributed by atoms with Gasteiger partial charge in [0.1, 0.15) is 0 Å². The molecule has 0 saturated heterocycles. The molecule has 0 spiro atoms. The number of carbonyl (C=O) groups is 1. The number of rotatable bonds is 3. The number of para-hydroxylation sites is 1. The molecule has 1 amide bonds. The Morgan fingerprint density at radius 3 is 2.46 bits per heavy atom. The van der Waals surface area contributed by atoms with Gasteiger partial charge in [0.15, 0.2) is 5.15 Å². The van der Waals surface area contributed by atoms with Gasteiger partial charge in [0.25, 0.3) is 0 Å². The molecule has 124 valence electrons. The number of amides is 1. The van der Waals surface area contributed by atoms with Crippen molar-refractivity contribution in [1.82, 2.24) is 18.5 Å². The second-order valence-electron chi connectivity index (χ2n) is 5.26. The average Bonchev–Trinajstić information content (AvgIpc) is 2.88. The van der Waals surface area contributed by atoms with E-state index in [1.54, 1.807) is 24.3 Å². The summed E-state index contributed by atoms with van der Waals surface area (Å²) < 4.78 is 3.31. The van der Waals surface area contributed by atoms with Gasteiger partial charge in [-0.25, -0.2) is 18.6 Å². The summed E-state index contributed by atoms with van der Waals surface area (Å²) in [6.45, 7) is 0. The molecular formula is C15H14ClN5O3. The van der Waals surface area contributed by atoms with Crippen LogP contribution < -0.4 is 16.7 Å². The van der Waals surface area contributed by atoms with E-state index in [0.29, 0.717) is 5.69 Å². The van der Waals surface area contributed by atoms with Gasteiger partial charge in [-0.2, -0.15) is 4.98 Å². The fraction of sp³-hybridized carbons (Fsp3) is 0.200. The summed E-state index contributed by atoms with van der Waals surface area (Å²) in [7, 11) is 2.83. The molecular weight excluding hydrogens is 334 g/mol. The number of benzene rings is 1. The molecule has 8 nitrogen and oxygen atoms in total. The lowest BCUT2D eigenvalue weighted by Gasteiger charge is -2.07. The van der Waals surface area contributed by atoms with E-state index in [4.69, 9.17) is 11.6 Å². The first-order chi connectivity index (χ1) is 11.4. The molecule has 0 saturated carbocycles. The predicted octanol–water partition coefficient (Wildman–Crippen LogP) is 0.566. The Kier molecular flexibility index (Phi) is 3.98. The molecule has 3 rings (SSSR count). The third kappa shape index (κ3) is 2.61. The highest BCUT2D eigenvalue weighted by Crippen LogP contribution is 2.16. The smallest absolute Gasteiger partial charge is 0.326 e. The zero-order chi connectivity index (χ0) is 17.4. The molecule has 2 aromatic heterocycles. The molecule has 3 aromatic rings. The lowest BCUT2D eigenvalue weighted by molar-refractivity contribution is -0.115. The van der Waals surface area contributed by atoms with Crippen LogP contribution in [0.3, 0.4) is 0 Å². The van der Waals surface area contributed by atoms with Crippen molar-refractivity contribution in [2.45, 2.75) is 6.42 Å². The van der Waals surface area contributed by atoms with Crippen LogP contribution in [0.25, 0.3) is 5.78 Å². The second kappa shape index (κ2) is 5.97.